The molecule has 1 amide bonds. The van der Waals surface area contributed by atoms with Crippen LogP contribution >= 0.6 is 0 Å². The fourth-order valence-corrected chi connectivity index (χ4v) is 1.95. The number of carbonyl (C=O) groups excluding carboxylic acids is 1. The first-order valence-corrected chi connectivity index (χ1v) is 6.11. The minimum atomic E-state index is 0.183. The van der Waals surface area contributed by atoms with Gasteiger partial charge in [0.2, 0.25) is 5.91 Å². The second-order valence-corrected chi connectivity index (χ2v) is 5.02. The first-order valence-electron chi connectivity index (χ1n) is 6.11. The van der Waals surface area contributed by atoms with Crippen LogP contribution in [0.5, 0.6) is 0 Å². The van der Waals surface area contributed by atoms with Gasteiger partial charge in [0.05, 0.1) is 6.61 Å². The van der Waals surface area contributed by atoms with Crippen molar-refractivity contribution in [3.63, 3.8) is 0 Å². The van der Waals surface area contributed by atoms with Crippen LogP contribution < -0.4 is 0 Å². The molecule has 1 aliphatic heterocycles. The molecule has 0 aromatic rings. The molecule has 2 fully saturated rings. The average molecular weight is 211 g/mol. The topological polar surface area (TPSA) is 29.5 Å². The largest absolute Gasteiger partial charge is 0.371 e. The fraction of sp³-hybridized carbons (Fsp3) is 0.917. The predicted octanol–water partition coefficient (Wildman–Crippen LogP) is 1.67. The average Bonchev–Trinajstić information content (AvgIpc) is 3.02. The molecular weight excluding hydrogens is 190 g/mol. The summed E-state index contributed by atoms with van der Waals surface area (Å²) >= 11 is 0. The van der Waals surface area contributed by atoms with Crippen LogP contribution in [0.4, 0.5) is 0 Å². The van der Waals surface area contributed by atoms with Gasteiger partial charge < -0.3 is 9.64 Å². The van der Waals surface area contributed by atoms with Crippen LogP contribution in [0.25, 0.3) is 0 Å². The summed E-state index contributed by atoms with van der Waals surface area (Å²) < 4.78 is 5.41. The molecule has 0 unspecified atom stereocenters. The van der Waals surface area contributed by atoms with Crippen LogP contribution in [-0.2, 0) is 9.53 Å². The summed E-state index contributed by atoms with van der Waals surface area (Å²) in [7, 11) is 0. The van der Waals surface area contributed by atoms with Gasteiger partial charge in [-0.2, -0.15) is 0 Å². The number of carbonyl (C=O) groups is 1. The summed E-state index contributed by atoms with van der Waals surface area (Å²) in [4.78, 5) is 13.7. The van der Waals surface area contributed by atoms with E-state index >= 15 is 0 Å². The summed E-state index contributed by atoms with van der Waals surface area (Å²) in [5.41, 5.74) is 0. The lowest BCUT2D eigenvalue weighted by Gasteiger charge is -2.30. The van der Waals surface area contributed by atoms with Crippen molar-refractivity contribution in [2.24, 2.45) is 11.8 Å². The smallest absolute Gasteiger partial charge is 0.248 e. The Balaban J connectivity index is 1.61. The summed E-state index contributed by atoms with van der Waals surface area (Å²) in [6.45, 7) is 5.19. The highest BCUT2D eigenvalue weighted by molar-refractivity contribution is 5.77. The quantitative estimate of drug-likeness (QED) is 0.708. The van der Waals surface area contributed by atoms with Gasteiger partial charge in [-0.1, -0.05) is 6.92 Å². The van der Waals surface area contributed by atoms with Crippen molar-refractivity contribution in [2.45, 2.75) is 32.6 Å². The van der Waals surface area contributed by atoms with Crippen molar-refractivity contribution in [3.8, 4) is 0 Å². The molecule has 0 spiro atoms. The molecule has 1 saturated carbocycles. The van der Waals surface area contributed by atoms with Gasteiger partial charge in [-0.25, -0.2) is 0 Å². The van der Waals surface area contributed by atoms with Crippen molar-refractivity contribution >= 4 is 5.91 Å². The van der Waals surface area contributed by atoms with E-state index in [0.717, 1.165) is 44.4 Å². The molecule has 2 rings (SSSR count). The Kier molecular flexibility index (Phi) is 3.62. The van der Waals surface area contributed by atoms with E-state index in [-0.39, 0.29) is 5.91 Å². The number of nitrogens with zero attached hydrogens (tertiary/aromatic N) is 1. The molecule has 0 atom stereocenters. The highest BCUT2D eigenvalue weighted by Crippen LogP contribution is 2.28. The molecule has 0 N–H and O–H groups in total. The number of hydrogen-bond donors (Lipinski definition) is 0. The van der Waals surface area contributed by atoms with Crippen LogP contribution in [0.2, 0.25) is 0 Å². The zero-order valence-corrected chi connectivity index (χ0v) is 9.58. The lowest BCUT2D eigenvalue weighted by atomic mass is 9.99. The summed E-state index contributed by atoms with van der Waals surface area (Å²) in [6, 6.07) is 0. The Morgan fingerprint density at radius 1 is 1.27 bits per heavy atom. The standard InChI is InChI=1S/C12H21NO2/c1-10-4-6-13(7-5-10)12(14)9-15-8-11-2-3-11/h10-11H,2-9H2,1H3. The molecule has 3 nitrogen and oxygen atoms in total. The van der Waals surface area contributed by atoms with Crippen LogP contribution in [0.15, 0.2) is 0 Å². The van der Waals surface area contributed by atoms with Gasteiger partial charge in [-0.3, -0.25) is 4.79 Å². The van der Waals surface area contributed by atoms with Gasteiger partial charge in [-0.05, 0) is 37.5 Å². The Labute approximate surface area is 91.8 Å². The molecule has 15 heavy (non-hydrogen) atoms. The lowest BCUT2D eigenvalue weighted by molar-refractivity contribution is -0.137. The maximum atomic E-state index is 11.7. The Hall–Kier alpha value is -0.570. The van der Waals surface area contributed by atoms with Crippen molar-refractivity contribution < 1.29 is 9.53 Å². The molecule has 1 aliphatic carbocycles. The molecule has 0 radical (unpaired) electrons. The van der Waals surface area contributed by atoms with Gasteiger partial charge in [0.1, 0.15) is 6.61 Å². The molecule has 0 bridgehead atoms. The molecule has 1 heterocycles. The van der Waals surface area contributed by atoms with Crippen molar-refractivity contribution in [2.75, 3.05) is 26.3 Å². The monoisotopic (exact) mass is 211 g/mol. The second-order valence-electron chi connectivity index (χ2n) is 5.02. The number of likely N-dealkylation sites (tertiary alicyclic amines) is 1. The molecule has 86 valence electrons. The van der Waals surface area contributed by atoms with E-state index in [4.69, 9.17) is 4.74 Å². The number of ether oxygens (including phenoxy) is 1. The molecule has 0 aromatic carbocycles. The van der Waals surface area contributed by atoms with E-state index in [2.05, 4.69) is 6.92 Å². The first-order chi connectivity index (χ1) is 7.25. The van der Waals surface area contributed by atoms with Gasteiger partial charge in [0.15, 0.2) is 0 Å². The third-order valence-electron chi connectivity index (χ3n) is 3.41. The Bertz CT molecular complexity index is 218. The van der Waals surface area contributed by atoms with E-state index in [1.54, 1.807) is 0 Å². The molecular formula is C12H21NO2. The molecule has 1 saturated heterocycles. The first kappa shape index (κ1) is 10.9. The number of amides is 1. The van der Waals surface area contributed by atoms with Crippen LogP contribution in [0.3, 0.4) is 0 Å². The van der Waals surface area contributed by atoms with Gasteiger partial charge in [-0.15, -0.1) is 0 Å². The van der Waals surface area contributed by atoms with Crippen LogP contribution in [0, 0.1) is 11.8 Å². The fourth-order valence-electron chi connectivity index (χ4n) is 1.95. The maximum absolute atomic E-state index is 11.7. The van der Waals surface area contributed by atoms with Crippen molar-refractivity contribution in [3.05, 3.63) is 0 Å². The maximum Gasteiger partial charge on any atom is 0.248 e. The predicted molar refractivity (Wildman–Crippen MR) is 58.5 cm³/mol. The van der Waals surface area contributed by atoms with E-state index in [1.807, 2.05) is 4.90 Å². The van der Waals surface area contributed by atoms with Gasteiger partial charge in [0.25, 0.3) is 0 Å². The molecule has 3 heteroatoms. The number of rotatable bonds is 4. The third kappa shape index (κ3) is 3.49. The Morgan fingerprint density at radius 3 is 2.53 bits per heavy atom. The van der Waals surface area contributed by atoms with Gasteiger partial charge >= 0.3 is 0 Å². The van der Waals surface area contributed by atoms with E-state index in [0.29, 0.717) is 6.61 Å². The SMILES string of the molecule is CC1CCN(C(=O)COCC2CC2)CC1. The highest BCUT2D eigenvalue weighted by atomic mass is 16.5. The van der Waals surface area contributed by atoms with Gasteiger partial charge in [0, 0.05) is 13.1 Å². The van der Waals surface area contributed by atoms with E-state index < -0.39 is 0 Å². The normalized spacial score (nSPS) is 23.1. The zero-order valence-electron chi connectivity index (χ0n) is 9.58. The van der Waals surface area contributed by atoms with E-state index in [1.165, 1.54) is 12.8 Å². The minimum Gasteiger partial charge on any atom is -0.371 e. The second kappa shape index (κ2) is 4.97. The van der Waals surface area contributed by atoms with Crippen molar-refractivity contribution in [1.29, 1.82) is 0 Å². The minimum absolute atomic E-state index is 0.183. The van der Waals surface area contributed by atoms with Crippen molar-refractivity contribution in [1.82, 2.24) is 4.90 Å². The third-order valence-corrected chi connectivity index (χ3v) is 3.41. The van der Waals surface area contributed by atoms with Crippen LogP contribution in [0.1, 0.15) is 32.6 Å². The molecule has 0 aromatic heterocycles. The Morgan fingerprint density at radius 2 is 1.93 bits per heavy atom. The lowest BCUT2D eigenvalue weighted by Crippen LogP contribution is -2.40. The highest BCUT2D eigenvalue weighted by Gasteiger charge is 2.23. The number of piperidine rings is 1. The summed E-state index contributed by atoms with van der Waals surface area (Å²) in [5.74, 6) is 1.71. The summed E-state index contributed by atoms with van der Waals surface area (Å²) in [5, 5.41) is 0. The number of hydrogen-bond acceptors (Lipinski definition) is 2. The zero-order chi connectivity index (χ0) is 10.7. The van der Waals surface area contributed by atoms with Crippen LogP contribution in [-0.4, -0.2) is 37.1 Å². The van der Waals surface area contributed by atoms with E-state index in [9.17, 15) is 4.79 Å². The molecule has 2 aliphatic rings. The summed E-state index contributed by atoms with van der Waals surface area (Å²) in [6.07, 6.45) is 4.87.